The molecule has 1 saturated heterocycles. The number of rotatable bonds is 6. The number of ketones is 1. The van der Waals surface area contributed by atoms with Crippen LogP contribution in [0, 0.1) is 34.0 Å². The third-order valence-corrected chi connectivity index (χ3v) is 12.0. The quantitative estimate of drug-likeness (QED) is 0.392. The summed E-state index contributed by atoms with van der Waals surface area (Å²) in [4.78, 5) is 40.6. The summed E-state index contributed by atoms with van der Waals surface area (Å²) >= 11 is 0. The molecule has 0 radical (unpaired) electrons. The molecular weight excluding hydrogens is 540 g/mol. The Labute approximate surface area is 235 Å². The molecule has 5 fully saturated rings. The third kappa shape index (κ3) is 4.87. The van der Waals surface area contributed by atoms with Crippen LogP contribution in [-0.4, -0.2) is 92.2 Å². The van der Waals surface area contributed by atoms with Gasteiger partial charge in [0.2, 0.25) is 0 Å². The molecule has 4 saturated carbocycles. The minimum Gasteiger partial charge on any atom is -0.448 e. The van der Waals surface area contributed by atoms with Crippen molar-refractivity contribution in [2.45, 2.75) is 64.6 Å². The van der Waals surface area contributed by atoms with Gasteiger partial charge in [0, 0.05) is 55.9 Å². The predicted octanol–water partition coefficient (Wildman–Crippen LogP) is 1.40. The molecule has 40 heavy (non-hydrogen) atoms. The first kappa shape index (κ1) is 29.4. The van der Waals surface area contributed by atoms with Gasteiger partial charge < -0.3 is 14.6 Å². The van der Waals surface area contributed by atoms with Crippen LogP contribution in [0.5, 0.6) is 0 Å². The molecule has 5 aliphatic rings. The summed E-state index contributed by atoms with van der Waals surface area (Å²) in [5.74, 6) is 0.0977. The second-order valence-corrected chi connectivity index (χ2v) is 14.3. The van der Waals surface area contributed by atoms with Crippen molar-refractivity contribution in [2.24, 2.45) is 39.1 Å². The molecule has 13 heteroatoms. The molecule has 4 aliphatic carbocycles. The zero-order chi connectivity index (χ0) is 29.1. The second-order valence-electron chi connectivity index (χ2n) is 12.8. The van der Waals surface area contributed by atoms with Crippen LogP contribution in [0.15, 0.2) is 12.7 Å². The molecule has 2 bridgehead atoms. The van der Waals surface area contributed by atoms with Crippen molar-refractivity contribution in [3.63, 3.8) is 0 Å². The average Bonchev–Trinajstić information content (AvgIpc) is 3.55. The van der Waals surface area contributed by atoms with Crippen LogP contribution in [0.3, 0.4) is 0 Å². The van der Waals surface area contributed by atoms with E-state index in [9.17, 15) is 27.9 Å². The van der Waals surface area contributed by atoms with E-state index in [1.165, 1.54) is 4.31 Å². The molecular formula is C27H42N4O8S. The summed E-state index contributed by atoms with van der Waals surface area (Å²) in [5, 5.41) is 18.8. The molecule has 8 atom stereocenters. The smallest absolute Gasteiger partial charge is 0.416 e. The number of carbonyl (C=O) groups excluding carboxylic acids is 3. The summed E-state index contributed by atoms with van der Waals surface area (Å²) < 4.78 is 35.2. The fraction of sp³-hybridized carbons (Fsp3) is 0.815. The van der Waals surface area contributed by atoms with E-state index in [1.54, 1.807) is 6.08 Å². The lowest BCUT2D eigenvalue weighted by Crippen LogP contribution is -2.58. The van der Waals surface area contributed by atoms with Crippen LogP contribution in [0.2, 0.25) is 0 Å². The van der Waals surface area contributed by atoms with Crippen molar-refractivity contribution in [1.29, 1.82) is 0 Å². The van der Waals surface area contributed by atoms with Gasteiger partial charge in [0.05, 0.1) is 6.10 Å². The highest BCUT2D eigenvalue weighted by atomic mass is 32.2. The number of aliphatic hydroxyl groups excluding tert-OH is 1. The normalized spacial score (nSPS) is 41.6. The number of ether oxygens (including phenoxy) is 2. The minimum atomic E-state index is -3.72. The SMILES string of the molecule is C=C[C@]1(C)C[C@@H](OC(=O)NC(=O)OCCN2CCN(S(N)(=O)=O)CC2)[C@]23C[C@@H]2CC[C@]2(CCC(=O)[C@H]23)[C@@H](C)[C@@H]1O. The zero-order valence-electron chi connectivity index (χ0n) is 23.3. The van der Waals surface area contributed by atoms with Gasteiger partial charge in [-0.15, -0.1) is 6.58 Å². The fourth-order valence-corrected chi connectivity index (χ4v) is 9.28. The van der Waals surface area contributed by atoms with Crippen LogP contribution in [-0.2, 0) is 24.5 Å². The minimum absolute atomic E-state index is 0.00163. The van der Waals surface area contributed by atoms with Crippen molar-refractivity contribution in [3.05, 3.63) is 12.7 Å². The Balaban J connectivity index is 1.22. The van der Waals surface area contributed by atoms with Crippen molar-refractivity contribution >= 4 is 28.2 Å². The highest BCUT2D eigenvalue weighted by molar-refractivity contribution is 7.86. The van der Waals surface area contributed by atoms with Crippen molar-refractivity contribution in [2.75, 3.05) is 39.3 Å². The third-order valence-electron chi connectivity index (χ3n) is 11.0. The molecule has 4 N–H and O–H groups in total. The Kier molecular flexibility index (Phi) is 7.61. The number of alkyl carbamates (subject to hydrolysis) is 2. The van der Waals surface area contributed by atoms with E-state index < -0.39 is 45.4 Å². The second kappa shape index (κ2) is 10.3. The number of hydrogen-bond acceptors (Lipinski definition) is 9. The first-order chi connectivity index (χ1) is 18.8. The van der Waals surface area contributed by atoms with Crippen molar-refractivity contribution < 1.29 is 37.4 Å². The summed E-state index contributed by atoms with van der Waals surface area (Å²) in [7, 11) is -3.72. The van der Waals surface area contributed by atoms with Crippen LogP contribution >= 0.6 is 0 Å². The molecule has 12 nitrogen and oxygen atoms in total. The maximum atomic E-state index is 13.3. The molecule has 1 aliphatic heterocycles. The number of nitrogens with zero attached hydrogens (tertiary/aromatic N) is 2. The number of aliphatic hydroxyl groups is 1. The van der Waals surface area contributed by atoms with Gasteiger partial charge >= 0.3 is 12.2 Å². The van der Waals surface area contributed by atoms with Crippen LogP contribution in [0.1, 0.15) is 52.4 Å². The summed E-state index contributed by atoms with van der Waals surface area (Å²) in [6, 6.07) is 0. The average molecular weight is 583 g/mol. The van der Waals surface area contributed by atoms with Gasteiger partial charge in [-0.2, -0.15) is 12.7 Å². The van der Waals surface area contributed by atoms with Crippen LogP contribution < -0.4 is 10.5 Å². The Bertz CT molecular complexity index is 1170. The number of nitrogens with one attached hydrogen (secondary N) is 1. The lowest BCUT2D eigenvalue weighted by atomic mass is 9.50. The molecule has 1 heterocycles. The van der Waals surface area contributed by atoms with E-state index in [0.29, 0.717) is 32.5 Å². The lowest BCUT2D eigenvalue weighted by molar-refractivity contribution is -0.156. The summed E-state index contributed by atoms with van der Waals surface area (Å²) in [6.07, 6.45) is 2.57. The highest BCUT2D eigenvalue weighted by Crippen LogP contribution is 2.77. The van der Waals surface area contributed by atoms with Crippen LogP contribution in [0.4, 0.5) is 9.59 Å². The standard InChI is InChI=1S/C27H42N4O8S/c1-4-25(3)16-20(27-15-18(27)5-7-26(17(2)22(25)33)8-6-19(32)21(26)27)39-24(35)29-23(34)38-14-13-30-9-11-31(12-10-30)40(28,36)37/h4,17-18,20-22,33H,1,5-16H2,2-3H3,(H2,28,36,37)(H,29,34,35)/t17-,18-,20+,21+,22-,25+,26-,27-/m0/s1. The largest absolute Gasteiger partial charge is 0.448 e. The summed E-state index contributed by atoms with van der Waals surface area (Å²) in [5.41, 5.74) is -1.55. The van der Waals surface area contributed by atoms with Gasteiger partial charge in [0.15, 0.2) is 0 Å². The van der Waals surface area contributed by atoms with E-state index in [-0.39, 0.29) is 48.6 Å². The number of hydrogen-bond donors (Lipinski definition) is 3. The molecule has 0 aromatic carbocycles. The molecule has 0 aromatic rings. The number of carbonyl (C=O) groups is 3. The van der Waals surface area contributed by atoms with Gasteiger partial charge in [-0.1, -0.05) is 19.9 Å². The van der Waals surface area contributed by atoms with Gasteiger partial charge in [-0.05, 0) is 49.4 Å². The Hall–Kier alpha value is -2.06. The molecule has 0 unspecified atom stereocenters. The first-order valence-electron chi connectivity index (χ1n) is 14.3. The van der Waals surface area contributed by atoms with E-state index >= 15 is 0 Å². The van der Waals surface area contributed by atoms with Crippen LogP contribution in [0.25, 0.3) is 0 Å². The highest BCUT2D eigenvalue weighted by Gasteiger charge is 2.77. The van der Waals surface area contributed by atoms with Gasteiger partial charge in [0.25, 0.3) is 10.2 Å². The maximum Gasteiger partial charge on any atom is 0.416 e. The van der Waals surface area contributed by atoms with Gasteiger partial charge in [-0.3, -0.25) is 9.69 Å². The van der Waals surface area contributed by atoms with Crippen molar-refractivity contribution in [1.82, 2.24) is 14.5 Å². The van der Waals surface area contributed by atoms with Gasteiger partial charge in [0.1, 0.15) is 18.5 Å². The Morgan fingerprint density at radius 2 is 1.90 bits per heavy atom. The number of amides is 2. The monoisotopic (exact) mass is 582 g/mol. The Morgan fingerprint density at radius 3 is 2.55 bits per heavy atom. The fourth-order valence-electron chi connectivity index (χ4n) is 8.61. The predicted molar refractivity (Wildman–Crippen MR) is 144 cm³/mol. The zero-order valence-corrected chi connectivity index (χ0v) is 24.2. The number of piperazine rings is 1. The first-order valence-corrected chi connectivity index (χ1v) is 15.8. The topological polar surface area (TPSA) is 169 Å². The van der Waals surface area contributed by atoms with E-state index in [0.717, 1.165) is 25.7 Å². The summed E-state index contributed by atoms with van der Waals surface area (Å²) in [6.45, 7) is 9.74. The number of Topliss-reactive ketones (excluding diaryl/α,β-unsaturated/α-hetero) is 1. The molecule has 1 spiro atoms. The number of imide groups is 1. The molecule has 2 amide bonds. The van der Waals surface area contributed by atoms with E-state index in [1.807, 2.05) is 11.8 Å². The van der Waals surface area contributed by atoms with E-state index in [4.69, 9.17) is 14.6 Å². The van der Waals surface area contributed by atoms with Crippen molar-refractivity contribution in [3.8, 4) is 0 Å². The molecule has 5 rings (SSSR count). The maximum absolute atomic E-state index is 13.3. The lowest BCUT2D eigenvalue weighted by Gasteiger charge is -2.55. The van der Waals surface area contributed by atoms with E-state index in [2.05, 4.69) is 18.8 Å². The van der Waals surface area contributed by atoms with Gasteiger partial charge in [-0.25, -0.2) is 20.0 Å². The number of nitrogens with two attached hydrogens (primary N) is 1. The molecule has 224 valence electrons. The Morgan fingerprint density at radius 1 is 1.20 bits per heavy atom. The molecule has 0 aromatic heterocycles.